The first-order chi connectivity index (χ1) is 16.6. The van der Waals surface area contributed by atoms with Crippen molar-refractivity contribution in [2.24, 2.45) is 0 Å². The molecule has 3 aromatic rings. The third-order valence-electron chi connectivity index (χ3n) is 6.97. The number of hydrogen-bond donors (Lipinski definition) is 0. The Morgan fingerprint density at radius 3 is 2.29 bits per heavy atom. The molecular formula is C29H34O5S. The van der Waals surface area contributed by atoms with Gasteiger partial charge in [-0.05, 0) is 81.8 Å². The molecule has 186 valence electrons. The lowest BCUT2D eigenvalue weighted by Crippen LogP contribution is -2.38. The summed E-state index contributed by atoms with van der Waals surface area (Å²) in [5.41, 5.74) is 6.03. The van der Waals surface area contributed by atoms with Crippen LogP contribution in [0.1, 0.15) is 53.1 Å². The molecule has 1 aliphatic rings. The third kappa shape index (κ3) is 5.54. The van der Waals surface area contributed by atoms with E-state index in [0.717, 1.165) is 52.2 Å². The molecule has 1 aliphatic heterocycles. The van der Waals surface area contributed by atoms with Crippen molar-refractivity contribution in [2.45, 2.75) is 71.0 Å². The van der Waals surface area contributed by atoms with E-state index in [9.17, 15) is 8.42 Å². The predicted octanol–water partition coefficient (Wildman–Crippen LogP) is 6.38. The number of aryl methyl sites for hydroxylation is 1. The molecule has 35 heavy (non-hydrogen) atoms. The van der Waals surface area contributed by atoms with Crippen LogP contribution in [0.3, 0.4) is 0 Å². The number of ether oxygens (including phenoxy) is 2. The van der Waals surface area contributed by atoms with Crippen molar-refractivity contribution in [1.29, 1.82) is 0 Å². The van der Waals surface area contributed by atoms with Crippen molar-refractivity contribution in [1.82, 2.24) is 0 Å². The summed E-state index contributed by atoms with van der Waals surface area (Å²) in [6, 6.07) is 16.8. The van der Waals surface area contributed by atoms with Crippen LogP contribution < -0.4 is 9.47 Å². The van der Waals surface area contributed by atoms with Crippen LogP contribution >= 0.6 is 0 Å². The first kappa shape index (κ1) is 25.3. The van der Waals surface area contributed by atoms with E-state index in [-0.39, 0.29) is 11.5 Å². The second-order valence-electron chi connectivity index (χ2n) is 9.68. The van der Waals surface area contributed by atoms with Crippen LogP contribution in [0.25, 0.3) is 0 Å². The highest BCUT2D eigenvalue weighted by atomic mass is 32.2. The molecule has 0 spiro atoms. The van der Waals surface area contributed by atoms with Gasteiger partial charge in [0.1, 0.15) is 23.7 Å². The van der Waals surface area contributed by atoms with Gasteiger partial charge in [0.05, 0.1) is 11.5 Å². The van der Waals surface area contributed by atoms with E-state index in [0.29, 0.717) is 13.0 Å². The number of fused-ring (bicyclic) bond motifs is 1. The average Bonchev–Trinajstić information content (AvgIpc) is 2.83. The lowest BCUT2D eigenvalue weighted by molar-refractivity contribution is 0.0420. The number of rotatable bonds is 8. The Labute approximate surface area is 209 Å². The highest BCUT2D eigenvalue weighted by molar-refractivity contribution is 7.86. The monoisotopic (exact) mass is 494 g/mol. The fraction of sp³-hybridized carbons (Fsp3) is 0.379. The Kier molecular flexibility index (Phi) is 7.25. The molecule has 5 nitrogen and oxygen atoms in total. The van der Waals surface area contributed by atoms with E-state index < -0.39 is 15.7 Å². The third-order valence-corrected chi connectivity index (χ3v) is 8.29. The van der Waals surface area contributed by atoms with Gasteiger partial charge in [-0.3, -0.25) is 4.18 Å². The van der Waals surface area contributed by atoms with Gasteiger partial charge in [-0.2, -0.15) is 8.42 Å². The van der Waals surface area contributed by atoms with E-state index in [2.05, 4.69) is 32.9 Å². The molecule has 0 aromatic heterocycles. The number of hydrogen-bond acceptors (Lipinski definition) is 5. The molecule has 6 heteroatoms. The Balaban J connectivity index is 1.46. The zero-order valence-corrected chi connectivity index (χ0v) is 22.0. The molecule has 0 amide bonds. The molecule has 0 N–H and O–H groups in total. The van der Waals surface area contributed by atoms with Crippen molar-refractivity contribution < 1.29 is 22.1 Å². The molecule has 0 fully saturated rings. The van der Waals surface area contributed by atoms with Crippen LogP contribution in [0.2, 0.25) is 0 Å². The fourth-order valence-corrected chi connectivity index (χ4v) is 5.45. The normalized spacial score (nSPS) is 17.5. The second-order valence-corrected chi connectivity index (χ2v) is 11.3. The van der Waals surface area contributed by atoms with Gasteiger partial charge in [0, 0.05) is 12.0 Å². The molecule has 0 unspecified atom stereocenters. The fourth-order valence-electron chi connectivity index (χ4n) is 4.54. The SMILES string of the molecule is Cc1ccc(S(=O)(=O)OCC[C@]2(C)CCc3c(C)c(OCc4ccccc4)c(C)c(C)c3O2)cc1. The van der Waals surface area contributed by atoms with E-state index >= 15 is 0 Å². The van der Waals surface area contributed by atoms with Gasteiger partial charge in [-0.25, -0.2) is 0 Å². The maximum absolute atomic E-state index is 12.6. The lowest BCUT2D eigenvalue weighted by atomic mass is 9.86. The summed E-state index contributed by atoms with van der Waals surface area (Å²) in [7, 11) is -3.79. The summed E-state index contributed by atoms with van der Waals surface area (Å²) < 4.78 is 43.3. The van der Waals surface area contributed by atoms with Crippen LogP contribution in [-0.4, -0.2) is 20.6 Å². The summed E-state index contributed by atoms with van der Waals surface area (Å²) >= 11 is 0. The molecule has 0 bridgehead atoms. The van der Waals surface area contributed by atoms with Gasteiger partial charge in [0.15, 0.2) is 0 Å². The van der Waals surface area contributed by atoms with Gasteiger partial charge in [-0.15, -0.1) is 0 Å². The molecule has 0 saturated carbocycles. The van der Waals surface area contributed by atoms with Gasteiger partial charge in [0.25, 0.3) is 10.1 Å². The first-order valence-electron chi connectivity index (χ1n) is 12.0. The Morgan fingerprint density at radius 1 is 0.914 bits per heavy atom. The van der Waals surface area contributed by atoms with E-state index in [1.54, 1.807) is 24.3 Å². The summed E-state index contributed by atoms with van der Waals surface area (Å²) in [5, 5.41) is 0. The van der Waals surface area contributed by atoms with Gasteiger partial charge < -0.3 is 9.47 Å². The quantitative estimate of drug-likeness (QED) is 0.340. The van der Waals surface area contributed by atoms with Gasteiger partial charge >= 0.3 is 0 Å². The Morgan fingerprint density at radius 2 is 1.60 bits per heavy atom. The van der Waals surface area contributed by atoms with Gasteiger partial charge in [0.2, 0.25) is 0 Å². The summed E-state index contributed by atoms with van der Waals surface area (Å²) in [6.45, 7) is 10.8. The van der Waals surface area contributed by atoms with Crippen LogP contribution in [0.4, 0.5) is 0 Å². The van der Waals surface area contributed by atoms with E-state index in [1.165, 1.54) is 5.56 Å². The van der Waals surface area contributed by atoms with Crippen LogP contribution in [-0.2, 0) is 27.3 Å². The van der Waals surface area contributed by atoms with Crippen molar-refractivity contribution in [2.75, 3.05) is 6.61 Å². The Bertz CT molecular complexity index is 1300. The zero-order chi connectivity index (χ0) is 25.2. The minimum atomic E-state index is -3.79. The highest BCUT2D eigenvalue weighted by Gasteiger charge is 2.35. The van der Waals surface area contributed by atoms with Crippen molar-refractivity contribution in [3.63, 3.8) is 0 Å². The maximum atomic E-state index is 12.6. The molecule has 0 radical (unpaired) electrons. The highest BCUT2D eigenvalue weighted by Crippen LogP contribution is 2.44. The molecule has 3 aromatic carbocycles. The van der Waals surface area contributed by atoms with Gasteiger partial charge in [-0.1, -0.05) is 48.0 Å². The summed E-state index contributed by atoms with van der Waals surface area (Å²) in [5.74, 6) is 1.81. The molecule has 0 aliphatic carbocycles. The van der Waals surface area contributed by atoms with Crippen molar-refractivity contribution in [3.05, 3.63) is 88.0 Å². The second kappa shape index (κ2) is 10.0. The standard InChI is InChI=1S/C29H34O5S/c1-20-11-13-25(14-12-20)35(30,31)33-18-17-29(5)16-15-26-23(4)27(21(2)22(3)28(26)34-29)32-19-24-9-7-6-8-10-24/h6-14H,15-19H2,1-5H3/t29-/m0/s1. The maximum Gasteiger partial charge on any atom is 0.296 e. The van der Waals surface area contributed by atoms with Crippen LogP contribution in [0.5, 0.6) is 11.5 Å². The molecule has 1 atom stereocenters. The van der Waals surface area contributed by atoms with Crippen LogP contribution in [0, 0.1) is 27.7 Å². The predicted molar refractivity (Wildman–Crippen MR) is 138 cm³/mol. The molecule has 1 heterocycles. The average molecular weight is 495 g/mol. The van der Waals surface area contributed by atoms with Crippen LogP contribution in [0.15, 0.2) is 59.5 Å². The largest absolute Gasteiger partial charge is 0.488 e. The molecule has 4 rings (SSSR count). The van der Waals surface area contributed by atoms with E-state index in [1.807, 2.05) is 32.0 Å². The minimum absolute atomic E-state index is 0.0668. The molecule has 0 saturated heterocycles. The first-order valence-corrected chi connectivity index (χ1v) is 13.4. The lowest BCUT2D eigenvalue weighted by Gasteiger charge is -2.38. The number of benzene rings is 3. The smallest absolute Gasteiger partial charge is 0.296 e. The minimum Gasteiger partial charge on any atom is -0.488 e. The topological polar surface area (TPSA) is 61.8 Å². The summed E-state index contributed by atoms with van der Waals surface area (Å²) in [6.07, 6.45) is 2.09. The van der Waals surface area contributed by atoms with Crippen molar-refractivity contribution >= 4 is 10.1 Å². The Hall–Kier alpha value is -2.83. The molecular weight excluding hydrogens is 460 g/mol. The van der Waals surface area contributed by atoms with E-state index in [4.69, 9.17) is 13.7 Å². The van der Waals surface area contributed by atoms with Crippen molar-refractivity contribution in [3.8, 4) is 11.5 Å². The summed E-state index contributed by atoms with van der Waals surface area (Å²) in [4.78, 5) is 0.174. The zero-order valence-electron chi connectivity index (χ0n) is 21.2.